The Hall–Kier alpha value is -2.85. The second kappa shape index (κ2) is 8.95. The molecule has 3 rings (SSSR count). The average Bonchev–Trinajstić information content (AvgIpc) is 3.43. The lowest BCUT2D eigenvalue weighted by molar-refractivity contribution is -0.275. The van der Waals surface area contributed by atoms with Gasteiger partial charge in [0, 0.05) is 21.8 Å². The monoisotopic (exact) mass is 469 g/mol. The van der Waals surface area contributed by atoms with Crippen molar-refractivity contribution in [3.8, 4) is 0 Å². The number of carbonyl (C=O) groups is 2. The van der Waals surface area contributed by atoms with Gasteiger partial charge in [0.2, 0.25) is 11.4 Å². The third kappa shape index (κ3) is 4.81. The number of alkyl halides is 3. The molecule has 0 aliphatic heterocycles. The molecular formula is C22H22F3NO5S. The summed E-state index contributed by atoms with van der Waals surface area (Å²) in [5, 5.41) is 12.1. The van der Waals surface area contributed by atoms with Gasteiger partial charge in [-0.25, -0.2) is 0 Å². The van der Waals surface area contributed by atoms with E-state index in [1.54, 1.807) is 24.3 Å². The second-order valence-corrected chi connectivity index (χ2v) is 8.51. The van der Waals surface area contributed by atoms with Crippen molar-refractivity contribution in [2.45, 2.75) is 45.5 Å². The fraction of sp³-hybridized carbons (Fsp3) is 0.364. The van der Waals surface area contributed by atoms with Gasteiger partial charge >= 0.3 is 12.1 Å². The number of carbonyl (C=O) groups excluding carboxylic acids is 2. The minimum Gasteiger partial charge on any atom is -0.463 e. The second-order valence-electron chi connectivity index (χ2n) is 7.48. The Balaban J connectivity index is 1.68. The van der Waals surface area contributed by atoms with Gasteiger partial charge in [-0.2, -0.15) is 13.2 Å². The molecule has 3 aromatic rings. The molecule has 172 valence electrons. The SMILES string of the molecule is Cc1ccc([C@@](O)(CC(=O)OCC(=O)c2cc(C)n(Cc3cccs3)c2C)C(F)(F)F)o1. The Morgan fingerprint density at radius 2 is 1.91 bits per heavy atom. The zero-order valence-electron chi connectivity index (χ0n) is 17.7. The summed E-state index contributed by atoms with van der Waals surface area (Å²) in [5.41, 5.74) is -1.75. The van der Waals surface area contributed by atoms with Gasteiger partial charge in [0.15, 0.2) is 6.61 Å². The lowest BCUT2D eigenvalue weighted by Gasteiger charge is -2.27. The Morgan fingerprint density at radius 1 is 1.19 bits per heavy atom. The number of aryl methyl sites for hydroxylation is 2. The van der Waals surface area contributed by atoms with E-state index < -0.39 is 42.3 Å². The Kier molecular flexibility index (Phi) is 6.66. The van der Waals surface area contributed by atoms with Crippen LogP contribution in [-0.2, 0) is 21.7 Å². The smallest absolute Gasteiger partial charge is 0.425 e. The van der Waals surface area contributed by atoms with Gasteiger partial charge in [0.1, 0.15) is 11.5 Å². The number of halogens is 3. The van der Waals surface area contributed by atoms with E-state index in [9.17, 15) is 27.9 Å². The maximum Gasteiger partial charge on any atom is 0.425 e. The highest BCUT2D eigenvalue weighted by atomic mass is 32.1. The fourth-order valence-electron chi connectivity index (χ4n) is 3.35. The molecule has 3 aromatic heterocycles. The van der Waals surface area contributed by atoms with Crippen LogP contribution in [0.2, 0.25) is 0 Å². The molecule has 32 heavy (non-hydrogen) atoms. The first-order valence-electron chi connectivity index (χ1n) is 9.66. The van der Waals surface area contributed by atoms with Crippen LogP contribution in [0, 0.1) is 20.8 Å². The Morgan fingerprint density at radius 3 is 2.47 bits per heavy atom. The van der Waals surface area contributed by atoms with Crippen molar-refractivity contribution < 1.29 is 37.0 Å². The summed E-state index contributed by atoms with van der Waals surface area (Å²) >= 11 is 1.58. The molecule has 0 saturated carbocycles. The van der Waals surface area contributed by atoms with Crippen LogP contribution in [0.1, 0.15) is 44.6 Å². The molecule has 1 N–H and O–H groups in total. The largest absolute Gasteiger partial charge is 0.463 e. The maximum absolute atomic E-state index is 13.5. The number of hydrogen-bond acceptors (Lipinski definition) is 6. The summed E-state index contributed by atoms with van der Waals surface area (Å²) < 4.78 is 52.1. The molecule has 0 aromatic carbocycles. The molecule has 10 heteroatoms. The summed E-state index contributed by atoms with van der Waals surface area (Å²) in [6.07, 6.45) is -6.62. The van der Waals surface area contributed by atoms with Crippen molar-refractivity contribution in [3.05, 3.63) is 69.1 Å². The first-order chi connectivity index (χ1) is 14.9. The van der Waals surface area contributed by atoms with Gasteiger partial charge in [-0.15, -0.1) is 11.3 Å². The molecule has 0 amide bonds. The fourth-order valence-corrected chi connectivity index (χ4v) is 4.05. The molecule has 3 heterocycles. The standard InChI is InChI=1S/C22H22F3NO5S/c1-13-9-17(15(3)26(13)11-16-5-4-8-32-16)18(27)12-30-20(28)10-21(29,22(23,24)25)19-7-6-14(2)31-19/h4-9,29H,10-12H2,1-3H3/t21-/m0/s1. The lowest BCUT2D eigenvalue weighted by Crippen LogP contribution is -2.44. The molecule has 0 aliphatic carbocycles. The van der Waals surface area contributed by atoms with Crippen LogP contribution in [0.15, 0.2) is 40.1 Å². The molecule has 0 fully saturated rings. The molecule has 1 atom stereocenters. The first-order valence-corrected chi connectivity index (χ1v) is 10.5. The van der Waals surface area contributed by atoms with Crippen LogP contribution < -0.4 is 0 Å². The van der Waals surface area contributed by atoms with Crippen LogP contribution in [0.25, 0.3) is 0 Å². The predicted molar refractivity (Wildman–Crippen MR) is 111 cm³/mol. The number of ether oxygens (including phenoxy) is 1. The van der Waals surface area contributed by atoms with Gasteiger partial charge in [-0.3, -0.25) is 9.59 Å². The van der Waals surface area contributed by atoms with Gasteiger partial charge < -0.3 is 18.8 Å². The molecule has 0 radical (unpaired) electrons. The van der Waals surface area contributed by atoms with Crippen LogP contribution in [0.4, 0.5) is 13.2 Å². The van der Waals surface area contributed by atoms with Crippen LogP contribution in [0.5, 0.6) is 0 Å². The molecule has 0 spiro atoms. The van der Waals surface area contributed by atoms with E-state index in [1.807, 2.05) is 29.0 Å². The topological polar surface area (TPSA) is 81.7 Å². The van der Waals surface area contributed by atoms with E-state index >= 15 is 0 Å². The van der Waals surface area contributed by atoms with Crippen molar-refractivity contribution in [1.82, 2.24) is 4.57 Å². The number of furan rings is 1. The normalized spacial score (nSPS) is 13.7. The van der Waals surface area contributed by atoms with E-state index in [-0.39, 0.29) is 5.76 Å². The van der Waals surface area contributed by atoms with Crippen molar-refractivity contribution in [3.63, 3.8) is 0 Å². The highest BCUT2D eigenvalue weighted by Gasteiger charge is 2.58. The lowest BCUT2D eigenvalue weighted by atomic mass is 9.96. The number of nitrogens with zero attached hydrogens (tertiary/aromatic N) is 1. The van der Waals surface area contributed by atoms with Crippen LogP contribution in [0.3, 0.4) is 0 Å². The highest BCUT2D eigenvalue weighted by molar-refractivity contribution is 7.09. The summed E-state index contributed by atoms with van der Waals surface area (Å²) in [6.45, 7) is 4.82. The quantitative estimate of drug-likeness (QED) is 0.383. The van der Waals surface area contributed by atoms with Gasteiger partial charge in [0.25, 0.3) is 0 Å². The maximum atomic E-state index is 13.5. The zero-order chi connectivity index (χ0) is 23.7. The summed E-state index contributed by atoms with van der Waals surface area (Å²) in [6, 6.07) is 7.73. The first kappa shape index (κ1) is 23.8. The van der Waals surface area contributed by atoms with E-state index in [0.29, 0.717) is 17.8 Å². The highest BCUT2D eigenvalue weighted by Crippen LogP contribution is 2.42. The molecule has 0 unspecified atom stereocenters. The summed E-state index contributed by atoms with van der Waals surface area (Å²) in [5.74, 6) is -2.60. The zero-order valence-corrected chi connectivity index (χ0v) is 18.5. The van der Waals surface area contributed by atoms with Crippen molar-refractivity contribution in [2.24, 2.45) is 0 Å². The number of Topliss-reactive ketones (excluding diaryl/α,β-unsaturated/α-hetero) is 1. The van der Waals surface area contributed by atoms with Gasteiger partial charge in [-0.05, 0) is 50.4 Å². The van der Waals surface area contributed by atoms with E-state index in [1.165, 1.54) is 13.0 Å². The molecule has 0 aliphatic rings. The van der Waals surface area contributed by atoms with Crippen molar-refractivity contribution in [2.75, 3.05) is 6.61 Å². The summed E-state index contributed by atoms with van der Waals surface area (Å²) in [7, 11) is 0. The number of hydrogen-bond donors (Lipinski definition) is 1. The number of thiophene rings is 1. The van der Waals surface area contributed by atoms with E-state index in [2.05, 4.69) is 0 Å². The number of aromatic nitrogens is 1. The van der Waals surface area contributed by atoms with Gasteiger partial charge in [-0.1, -0.05) is 6.07 Å². The number of ketones is 1. The number of esters is 1. The minimum atomic E-state index is -5.19. The van der Waals surface area contributed by atoms with E-state index in [4.69, 9.17) is 9.15 Å². The predicted octanol–water partition coefficient (Wildman–Crippen LogP) is 4.68. The molecule has 6 nitrogen and oxygen atoms in total. The third-order valence-electron chi connectivity index (χ3n) is 5.15. The average molecular weight is 469 g/mol. The minimum absolute atomic E-state index is 0.143. The number of rotatable bonds is 8. The number of aliphatic hydroxyl groups is 1. The molecule has 0 bridgehead atoms. The van der Waals surface area contributed by atoms with E-state index in [0.717, 1.165) is 16.6 Å². The molecular weight excluding hydrogens is 447 g/mol. The van der Waals surface area contributed by atoms with Crippen LogP contribution in [-0.4, -0.2) is 34.2 Å². The third-order valence-corrected chi connectivity index (χ3v) is 6.01. The summed E-state index contributed by atoms with van der Waals surface area (Å²) in [4.78, 5) is 25.8. The van der Waals surface area contributed by atoms with Crippen molar-refractivity contribution >= 4 is 23.1 Å². The van der Waals surface area contributed by atoms with Gasteiger partial charge in [0.05, 0.1) is 13.0 Å². The van der Waals surface area contributed by atoms with Crippen molar-refractivity contribution in [1.29, 1.82) is 0 Å². The molecule has 0 saturated heterocycles. The Bertz CT molecular complexity index is 1110. The van der Waals surface area contributed by atoms with Crippen LogP contribution >= 0.6 is 11.3 Å². The Labute approximate surface area is 186 Å².